The first-order chi connectivity index (χ1) is 16.5. The first-order valence-corrected chi connectivity index (χ1v) is 11.2. The van der Waals surface area contributed by atoms with Crippen molar-refractivity contribution in [1.82, 2.24) is 4.90 Å². The molecular formula is C27H28N2O5. The summed E-state index contributed by atoms with van der Waals surface area (Å²) in [5.41, 5.74) is 3.42. The quantitative estimate of drug-likeness (QED) is 0.542. The van der Waals surface area contributed by atoms with Gasteiger partial charge in [-0.1, -0.05) is 36.4 Å². The van der Waals surface area contributed by atoms with Gasteiger partial charge in [-0.25, -0.2) is 0 Å². The Balaban J connectivity index is 1.53. The van der Waals surface area contributed by atoms with Crippen LogP contribution >= 0.6 is 0 Å². The Morgan fingerprint density at radius 3 is 2.44 bits per heavy atom. The zero-order valence-electron chi connectivity index (χ0n) is 19.4. The highest BCUT2D eigenvalue weighted by molar-refractivity contribution is 6.06. The molecule has 3 aromatic carbocycles. The predicted molar refractivity (Wildman–Crippen MR) is 130 cm³/mol. The molecule has 1 aliphatic rings. The van der Waals surface area contributed by atoms with E-state index in [0.717, 1.165) is 11.1 Å². The largest absolute Gasteiger partial charge is 0.486 e. The maximum Gasteiger partial charge on any atom is 0.255 e. The number of carbonyl (C=O) groups excluding carboxylic acids is 2. The Morgan fingerprint density at radius 2 is 1.68 bits per heavy atom. The van der Waals surface area contributed by atoms with E-state index in [1.807, 2.05) is 43.3 Å². The minimum atomic E-state index is -0.287. The van der Waals surface area contributed by atoms with Crippen LogP contribution in [0.5, 0.6) is 11.5 Å². The highest BCUT2D eigenvalue weighted by atomic mass is 16.6. The van der Waals surface area contributed by atoms with Crippen LogP contribution in [-0.2, 0) is 11.3 Å². The molecule has 0 unspecified atom stereocenters. The van der Waals surface area contributed by atoms with Gasteiger partial charge in [0.1, 0.15) is 13.2 Å². The number of amides is 2. The Bertz CT molecular complexity index is 1160. The number of ether oxygens (including phenoxy) is 3. The van der Waals surface area contributed by atoms with E-state index in [0.29, 0.717) is 61.2 Å². The summed E-state index contributed by atoms with van der Waals surface area (Å²) < 4.78 is 16.3. The molecule has 176 valence electrons. The van der Waals surface area contributed by atoms with Crippen LogP contribution in [0.15, 0.2) is 66.7 Å². The van der Waals surface area contributed by atoms with Crippen LogP contribution in [-0.4, -0.2) is 50.2 Å². The van der Waals surface area contributed by atoms with Crippen molar-refractivity contribution in [1.29, 1.82) is 0 Å². The van der Waals surface area contributed by atoms with Crippen molar-refractivity contribution in [3.8, 4) is 11.5 Å². The van der Waals surface area contributed by atoms with Crippen LogP contribution in [0.3, 0.4) is 0 Å². The average Bonchev–Trinajstić information content (AvgIpc) is 2.87. The number of nitrogens with zero attached hydrogens (tertiary/aromatic N) is 1. The van der Waals surface area contributed by atoms with E-state index in [-0.39, 0.29) is 11.8 Å². The summed E-state index contributed by atoms with van der Waals surface area (Å²) in [6.45, 7) is 4.18. The zero-order valence-corrected chi connectivity index (χ0v) is 19.4. The van der Waals surface area contributed by atoms with Crippen LogP contribution in [0.2, 0.25) is 0 Å². The second-order valence-electron chi connectivity index (χ2n) is 8.05. The third-order valence-electron chi connectivity index (χ3n) is 5.61. The molecule has 7 nitrogen and oxygen atoms in total. The maximum atomic E-state index is 13.4. The highest BCUT2D eigenvalue weighted by Gasteiger charge is 2.19. The number of benzene rings is 3. The lowest BCUT2D eigenvalue weighted by atomic mass is 10.1. The SMILES string of the molecule is COCCN(Cc1ccccc1)C(=O)c1ccc(C)c(NC(=O)c2ccc3c(c2)OCCO3)c1. The molecule has 34 heavy (non-hydrogen) atoms. The van der Waals surface area contributed by atoms with Gasteiger partial charge in [0.15, 0.2) is 11.5 Å². The van der Waals surface area contributed by atoms with Gasteiger partial charge in [0.05, 0.1) is 6.61 Å². The highest BCUT2D eigenvalue weighted by Crippen LogP contribution is 2.31. The van der Waals surface area contributed by atoms with Gasteiger partial charge in [0.25, 0.3) is 11.8 Å². The fraction of sp³-hybridized carbons (Fsp3) is 0.259. The van der Waals surface area contributed by atoms with Gasteiger partial charge in [0, 0.05) is 37.0 Å². The van der Waals surface area contributed by atoms with E-state index in [2.05, 4.69) is 5.32 Å². The van der Waals surface area contributed by atoms with Gasteiger partial charge in [-0.05, 0) is 48.4 Å². The van der Waals surface area contributed by atoms with Crippen molar-refractivity contribution in [2.24, 2.45) is 0 Å². The van der Waals surface area contributed by atoms with Crippen molar-refractivity contribution < 1.29 is 23.8 Å². The molecule has 0 aliphatic carbocycles. The van der Waals surface area contributed by atoms with Crippen LogP contribution < -0.4 is 14.8 Å². The number of anilines is 1. The van der Waals surface area contributed by atoms with Gasteiger partial charge < -0.3 is 24.4 Å². The van der Waals surface area contributed by atoms with E-state index >= 15 is 0 Å². The lowest BCUT2D eigenvalue weighted by Crippen LogP contribution is -2.33. The number of methoxy groups -OCH3 is 1. The van der Waals surface area contributed by atoms with Gasteiger partial charge >= 0.3 is 0 Å². The number of nitrogens with one attached hydrogen (secondary N) is 1. The summed E-state index contributed by atoms with van der Waals surface area (Å²) in [5, 5.41) is 2.93. The lowest BCUT2D eigenvalue weighted by molar-refractivity contribution is 0.0680. The van der Waals surface area contributed by atoms with Gasteiger partial charge in [-0.15, -0.1) is 0 Å². The molecule has 0 saturated carbocycles. The smallest absolute Gasteiger partial charge is 0.255 e. The average molecular weight is 461 g/mol. The second kappa shape index (κ2) is 10.9. The van der Waals surface area contributed by atoms with Gasteiger partial charge in [-0.3, -0.25) is 9.59 Å². The molecule has 0 atom stereocenters. The molecule has 7 heteroatoms. The number of fused-ring (bicyclic) bond motifs is 1. The van der Waals surface area contributed by atoms with E-state index in [1.165, 1.54) is 0 Å². The molecule has 2 amide bonds. The molecule has 0 spiro atoms. The summed E-state index contributed by atoms with van der Waals surface area (Å²) >= 11 is 0. The predicted octanol–water partition coefficient (Wildman–Crippen LogP) is 4.31. The van der Waals surface area contributed by atoms with E-state index in [4.69, 9.17) is 14.2 Å². The zero-order chi connectivity index (χ0) is 23.9. The first kappa shape index (κ1) is 23.3. The molecule has 3 aromatic rings. The first-order valence-electron chi connectivity index (χ1n) is 11.2. The number of aryl methyl sites for hydroxylation is 1. The number of hydrogen-bond acceptors (Lipinski definition) is 5. The van der Waals surface area contributed by atoms with Crippen molar-refractivity contribution in [3.05, 3.63) is 89.0 Å². The van der Waals surface area contributed by atoms with Crippen LogP contribution in [0, 0.1) is 6.92 Å². The van der Waals surface area contributed by atoms with Crippen molar-refractivity contribution in [3.63, 3.8) is 0 Å². The minimum absolute atomic E-state index is 0.129. The molecule has 0 saturated heterocycles. The molecular weight excluding hydrogens is 432 g/mol. The normalized spacial score (nSPS) is 12.2. The molecule has 1 heterocycles. The maximum absolute atomic E-state index is 13.4. The van der Waals surface area contributed by atoms with E-state index in [1.54, 1.807) is 42.3 Å². The molecule has 4 rings (SSSR count). The number of hydrogen-bond donors (Lipinski definition) is 1. The Morgan fingerprint density at radius 1 is 0.941 bits per heavy atom. The fourth-order valence-electron chi connectivity index (χ4n) is 3.71. The molecule has 0 radical (unpaired) electrons. The third kappa shape index (κ3) is 5.55. The summed E-state index contributed by atoms with van der Waals surface area (Å²) in [7, 11) is 1.61. The van der Waals surface area contributed by atoms with E-state index < -0.39 is 0 Å². The summed E-state index contributed by atoms with van der Waals surface area (Å²) in [6, 6.07) is 20.2. The minimum Gasteiger partial charge on any atom is -0.486 e. The summed E-state index contributed by atoms with van der Waals surface area (Å²) in [4.78, 5) is 28.0. The van der Waals surface area contributed by atoms with E-state index in [9.17, 15) is 9.59 Å². The van der Waals surface area contributed by atoms with Crippen molar-refractivity contribution in [2.45, 2.75) is 13.5 Å². The van der Waals surface area contributed by atoms with Gasteiger partial charge in [-0.2, -0.15) is 0 Å². The summed E-state index contributed by atoms with van der Waals surface area (Å²) in [5.74, 6) is 0.760. The topological polar surface area (TPSA) is 77.1 Å². The molecule has 0 bridgehead atoms. The monoisotopic (exact) mass is 460 g/mol. The molecule has 1 N–H and O–H groups in total. The lowest BCUT2D eigenvalue weighted by Gasteiger charge is -2.23. The Kier molecular flexibility index (Phi) is 7.44. The van der Waals surface area contributed by atoms with Gasteiger partial charge in [0.2, 0.25) is 0 Å². The number of rotatable bonds is 8. The fourth-order valence-corrected chi connectivity index (χ4v) is 3.71. The molecule has 0 fully saturated rings. The Hall–Kier alpha value is -3.84. The molecule has 0 aromatic heterocycles. The Labute approximate surface area is 199 Å². The van der Waals surface area contributed by atoms with Crippen LogP contribution in [0.4, 0.5) is 5.69 Å². The van der Waals surface area contributed by atoms with Crippen LogP contribution in [0.25, 0.3) is 0 Å². The number of carbonyl (C=O) groups is 2. The van der Waals surface area contributed by atoms with Crippen molar-refractivity contribution >= 4 is 17.5 Å². The summed E-state index contributed by atoms with van der Waals surface area (Å²) in [6.07, 6.45) is 0. The third-order valence-corrected chi connectivity index (χ3v) is 5.61. The second-order valence-corrected chi connectivity index (χ2v) is 8.05. The standard InChI is InChI=1S/C27H28N2O5/c1-19-8-9-22(27(31)29(12-13-32-2)18-20-6-4-3-5-7-20)16-23(19)28-26(30)21-10-11-24-25(17-21)34-15-14-33-24/h3-11,16-17H,12-15,18H2,1-2H3,(H,28,30). The van der Waals surface area contributed by atoms with Crippen molar-refractivity contribution in [2.75, 3.05) is 38.8 Å². The van der Waals surface area contributed by atoms with Crippen LogP contribution in [0.1, 0.15) is 31.8 Å². The molecule has 1 aliphatic heterocycles.